The molecule has 0 amide bonds. The zero-order valence-electron chi connectivity index (χ0n) is 13.3. The summed E-state index contributed by atoms with van der Waals surface area (Å²) in [5.74, 6) is -1.83. The SMILES string of the molecule is O=C(COC(=O)c1ccccc1-c1ccccc1)c1ccccc1F. The number of ketones is 1. The number of esters is 1. The molecule has 0 unspecified atom stereocenters. The van der Waals surface area contributed by atoms with E-state index in [0.717, 1.165) is 5.56 Å². The van der Waals surface area contributed by atoms with Crippen molar-refractivity contribution in [2.24, 2.45) is 0 Å². The molecule has 25 heavy (non-hydrogen) atoms. The van der Waals surface area contributed by atoms with Crippen LogP contribution in [0.5, 0.6) is 0 Å². The first-order valence-corrected chi connectivity index (χ1v) is 7.76. The maximum Gasteiger partial charge on any atom is 0.339 e. The Morgan fingerprint density at radius 1 is 0.760 bits per heavy atom. The highest BCUT2D eigenvalue weighted by atomic mass is 19.1. The third kappa shape index (κ3) is 3.80. The normalized spacial score (nSPS) is 10.3. The second kappa shape index (κ2) is 7.53. The highest BCUT2D eigenvalue weighted by Crippen LogP contribution is 2.24. The van der Waals surface area contributed by atoms with Crippen LogP contribution < -0.4 is 0 Å². The number of ether oxygens (including phenoxy) is 1. The summed E-state index contributed by atoms with van der Waals surface area (Å²) >= 11 is 0. The van der Waals surface area contributed by atoms with Gasteiger partial charge in [-0.05, 0) is 29.3 Å². The first-order valence-electron chi connectivity index (χ1n) is 7.76. The van der Waals surface area contributed by atoms with E-state index in [-0.39, 0.29) is 5.56 Å². The molecule has 0 heterocycles. The molecule has 3 nitrogen and oxygen atoms in total. The lowest BCUT2D eigenvalue weighted by molar-refractivity contribution is 0.0474. The molecule has 0 saturated heterocycles. The summed E-state index contributed by atoms with van der Waals surface area (Å²) in [5, 5.41) is 0. The molecular formula is C21H15FO3. The minimum absolute atomic E-state index is 0.0911. The van der Waals surface area contributed by atoms with Crippen LogP contribution >= 0.6 is 0 Å². The molecule has 0 aliphatic heterocycles. The number of benzene rings is 3. The molecule has 4 heteroatoms. The fourth-order valence-corrected chi connectivity index (χ4v) is 2.50. The number of Topliss-reactive ketones (excluding diaryl/α,β-unsaturated/α-hetero) is 1. The Balaban J connectivity index is 1.77. The standard InChI is InChI=1S/C21H15FO3/c22-19-13-7-6-12-18(19)20(23)14-25-21(24)17-11-5-4-10-16(17)15-8-2-1-3-9-15/h1-13H,14H2. The summed E-state index contributed by atoms with van der Waals surface area (Å²) in [6.45, 7) is -0.511. The molecule has 0 bridgehead atoms. The van der Waals surface area contributed by atoms with Crippen LogP contribution in [0, 0.1) is 5.82 Å². The van der Waals surface area contributed by atoms with Gasteiger partial charge in [0.15, 0.2) is 6.61 Å². The minimum Gasteiger partial charge on any atom is -0.454 e. The van der Waals surface area contributed by atoms with Crippen LogP contribution in [0.2, 0.25) is 0 Å². The van der Waals surface area contributed by atoms with E-state index in [2.05, 4.69) is 0 Å². The third-order valence-electron chi connectivity index (χ3n) is 3.74. The summed E-state index contributed by atoms with van der Waals surface area (Å²) in [6, 6.07) is 22.0. The number of carbonyl (C=O) groups excluding carboxylic acids is 2. The van der Waals surface area contributed by atoms with Gasteiger partial charge >= 0.3 is 5.97 Å². The third-order valence-corrected chi connectivity index (χ3v) is 3.74. The van der Waals surface area contributed by atoms with Crippen LogP contribution in [-0.2, 0) is 4.74 Å². The Labute approximate surface area is 144 Å². The van der Waals surface area contributed by atoms with E-state index in [9.17, 15) is 14.0 Å². The van der Waals surface area contributed by atoms with Gasteiger partial charge in [0, 0.05) is 0 Å². The first-order chi connectivity index (χ1) is 12.2. The van der Waals surface area contributed by atoms with Crippen LogP contribution in [0.15, 0.2) is 78.9 Å². The summed E-state index contributed by atoms with van der Waals surface area (Å²) < 4.78 is 18.7. The number of rotatable bonds is 5. The van der Waals surface area contributed by atoms with Gasteiger partial charge in [0.05, 0.1) is 11.1 Å². The van der Waals surface area contributed by atoms with Crippen molar-refractivity contribution in [2.45, 2.75) is 0 Å². The summed E-state index contributed by atoms with van der Waals surface area (Å²) in [6.07, 6.45) is 0. The number of hydrogen-bond donors (Lipinski definition) is 0. The molecule has 0 radical (unpaired) electrons. The fourth-order valence-electron chi connectivity index (χ4n) is 2.50. The van der Waals surface area contributed by atoms with Crippen molar-refractivity contribution >= 4 is 11.8 Å². The van der Waals surface area contributed by atoms with Crippen molar-refractivity contribution in [1.82, 2.24) is 0 Å². The molecule has 0 fully saturated rings. The van der Waals surface area contributed by atoms with Gasteiger partial charge in [-0.1, -0.05) is 60.7 Å². The van der Waals surface area contributed by atoms with Crippen molar-refractivity contribution in [1.29, 1.82) is 0 Å². The molecule has 0 spiro atoms. The Kier molecular flexibility index (Phi) is 5.00. The maximum absolute atomic E-state index is 13.6. The molecule has 3 aromatic carbocycles. The molecule has 0 saturated carbocycles. The van der Waals surface area contributed by atoms with E-state index in [0.29, 0.717) is 11.1 Å². The lowest BCUT2D eigenvalue weighted by Gasteiger charge is -2.10. The van der Waals surface area contributed by atoms with E-state index in [4.69, 9.17) is 4.74 Å². The average Bonchev–Trinajstić information content (AvgIpc) is 2.67. The van der Waals surface area contributed by atoms with Crippen LogP contribution in [0.4, 0.5) is 4.39 Å². The average molecular weight is 334 g/mol. The van der Waals surface area contributed by atoms with E-state index in [1.807, 2.05) is 42.5 Å². The highest BCUT2D eigenvalue weighted by molar-refractivity contribution is 6.01. The highest BCUT2D eigenvalue weighted by Gasteiger charge is 2.17. The molecule has 0 aliphatic carbocycles. The summed E-state index contributed by atoms with van der Waals surface area (Å²) in [7, 11) is 0. The molecular weight excluding hydrogens is 319 g/mol. The van der Waals surface area contributed by atoms with Gasteiger partial charge in [-0.2, -0.15) is 0 Å². The minimum atomic E-state index is -0.631. The largest absolute Gasteiger partial charge is 0.454 e. The molecule has 0 aliphatic rings. The Hall–Kier alpha value is -3.27. The first kappa shape index (κ1) is 16.6. The molecule has 0 N–H and O–H groups in total. The van der Waals surface area contributed by atoms with Gasteiger partial charge in [0.1, 0.15) is 5.82 Å². The zero-order chi connectivity index (χ0) is 17.6. The van der Waals surface area contributed by atoms with Gasteiger partial charge in [-0.25, -0.2) is 9.18 Å². The van der Waals surface area contributed by atoms with Crippen LogP contribution in [0.25, 0.3) is 11.1 Å². The van der Waals surface area contributed by atoms with Crippen LogP contribution in [0.3, 0.4) is 0 Å². The second-order valence-corrected chi connectivity index (χ2v) is 5.39. The van der Waals surface area contributed by atoms with Crippen molar-refractivity contribution < 1.29 is 18.7 Å². The molecule has 124 valence electrons. The second-order valence-electron chi connectivity index (χ2n) is 5.39. The molecule has 3 rings (SSSR count). The van der Waals surface area contributed by atoms with E-state index in [1.54, 1.807) is 18.2 Å². The quantitative estimate of drug-likeness (QED) is 0.508. The monoisotopic (exact) mass is 334 g/mol. The Bertz CT molecular complexity index is 904. The van der Waals surface area contributed by atoms with Crippen molar-refractivity contribution in [3.8, 4) is 11.1 Å². The van der Waals surface area contributed by atoms with Gasteiger partial charge in [-0.3, -0.25) is 4.79 Å². The van der Waals surface area contributed by atoms with E-state index < -0.39 is 24.2 Å². The van der Waals surface area contributed by atoms with Crippen molar-refractivity contribution in [2.75, 3.05) is 6.61 Å². The van der Waals surface area contributed by atoms with Gasteiger partial charge in [0.2, 0.25) is 5.78 Å². The molecule has 0 aromatic heterocycles. The number of hydrogen-bond acceptors (Lipinski definition) is 3. The lowest BCUT2D eigenvalue weighted by Crippen LogP contribution is -2.16. The smallest absolute Gasteiger partial charge is 0.339 e. The van der Waals surface area contributed by atoms with E-state index >= 15 is 0 Å². The Morgan fingerprint density at radius 2 is 1.36 bits per heavy atom. The molecule has 0 atom stereocenters. The summed E-state index contributed by atoms with van der Waals surface area (Å²) in [5.41, 5.74) is 1.85. The molecule has 3 aromatic rings. The number of carbonyl (C=O) groups is 2. The Morgan fingerprint density at radius 3 is 2.08 bits per heavy atom. The predicted octanol–water partition coefficient (Wildman–Crippen LogP) is 4.53. The lowest BCUT2D eigenvalue weighted by atomic mass is 10.00. The fraction of sp³-hybridized carbons (Fsp3) is 0.0476. The van der Waals surface area contributed by atoms with Crippen LogP contribution in [-0.4, -0.2) is 18.4 Å². The maximum atomic E-state index is 13.6. The van der Waals surface area contributed by atoms with E-state index in [1.165, 1.54) is 18.2 Å². The van der Waals surface area contributed by atoms with Gasteiger partial charge in [-0.15, -0.1) is 0 Å². The summed E-state index contributed by atoms with van der Waals surface area (Å²) in [4.78, 5) is 24.4. The van der Waals surface area contributed by atoms with Crippen molar-refractivity contribution in [3.63, 3.8) is 0 Å². The van der Waals surface area contributed by atoms with Gasteiger partial charge in [0.25, 0.3) is 0 Å². The van der Waals surface area contributed by atoms with Gasteiger partial charge < -0.3 is 4.74 Å². The zero-order valence-corrected chi connectivity index (χ0v) is 13.3. The number of halogens is 1. The van der Waals surface area contributed by atoms with Crippen LogP contribution in [0.1, 0.15) is 20.7 Å². The topological polar surface area (TPSA) is 43.4 Å². The van der Waals surface area contributed by atoms with Crippen molar-refractivity contribution in [3.05, 3.63) is 95.8 Å². The predicted molar refractivity (Wildman–Crippen MR) is 92.9 cm³/mol.